The van der Waals surface area contributed by atoms with Crippen LogP contribution in [-0.4, -0.2) is 35.1 Å². The lowest BCUT2D eigenvalue weighted by Gasteiger charge is -2.30. The lowest BCUT2D eigenvalue weighted by Crippen LogP contribution is -2.58. The van der Waals surface area contributed by atoms with Crippen LogP contribution >= 0.6 is 0 Å². The van der Waals surface area contributed by atoms with Crippen molar-refractivity contribution in [3.05, 3.63) is 0 Å². The summed E-state index contributed by atoms with van der Waals surface area (Å²) in [7, 11) is 0. The standard InChI is InChI=1S/C13H24N2O3/c1-4-9(3)10(11(16)17)15-12(18)13(5-2)7-6-8-14-13/h9-10,14H,4-8H2,1-3H3,(H,15,18)(H,16,17)/t9?,10-,13?/m0/s1. The van der Waals surface area contributed by atoms with Gasteiger partial charge in [-0.25, -0.2) is 4.79 Å². The van der Waals surface area contributed by atoms with Gasteiger partial charge in [-0.2, -0.15) is 0 Å². The molecule has 5 heteroatoms. The molecule has 0 saturated carbocycles. The maximum atomic E-state index is 12.3. The van der Waals surface area contributed by atoms with Gasteiger partial charge < -0.3 is 15.7 Å². The summed E-state index contributed by atoms with van der Waals surface area (Å²) < 4.78 is 0. The second kappa shape index (κ2) is 6.18. The predicted molar refractivity (Wildman–Crippen MR) is 69.3 cm³/mol. The fourth-order valence-corrected chi connectivity index (χ4v) is 2.42. The summed E-state index contributed by atoms with van der Waals surface area (Å²) >= 11 is 0. The first-order chi connectivity index (χ1) is 8.46. The van der Waals surface area contributed by atoms with Crippen LogP contribution in [0, 0.1) is 5.92 Å². The van der Waals surface area contributed by atoms with E-state index in [0.29, 0.717) is 6.42 Å². The van der Waals surface area contributed by atoms with Crippen LogP contribution in [-0.2, 0) is 9.59 Å². The largest absolute Gasteiger partial charge is 0.480 e. The lowest BCUT2D eigenvalue weighted by molar-refractivity contribution is -0.144. The monoisotopic (exact) mass is 256 g/mol. The maximum absolute atomic E-state index is 12.3. The summed E-state index contributed by atoms with van der Waals surface area (Å²) in [5, 5.41) is 15.1. The Bertz CT molecular complexity index is 311. The van der Waals surface area contributed by atoms with Gasteiger partial charge in [-0.1, -0.05) is 27.2 Å². The maximum Gasteiger partial charge on any atom is 0.326 e. The third-order valence-electron chi connectivity index (χ3n) is 4.05. The van der Waals surface area contributed by atoms with Gasteiger partial charge in [0.05, 0.1) is 5.54 Å². The van der Waals surface area contributed by atoms with Crippen LogP contribution in [0.4, 0.5) is 0 Å². The zero-order valence-electron chi connectivity index (χ0n) is 11.5. The highest BCUT2D eigenvalue weighted by Gasteiger charge is 2.41. The molecule has 1 amide bonds. The minimum atomic E-state index is -0.957. The normalized spacial score (nSPS) is 26.6. The van der Waals surface area contributed by atoms with E-state index in [2.05, 4.69) is 10.6 Å². The minimum absolute atomic E-state index is 0.0678. The Hall–Kier alpha value is -1.10. The first-order valence-corrected chi connectivity index (χ1v) is 6.75. The Labute approximate surface area is 108 Å². The average molecular weight is 256 g/mol. The number of nitrogens with one attached hydrogen (secondary N) is 2. The molecule has 1 aliphatic rings. The zero-order chi connectivity index (χ0) is 13.8. The van der Waals surface area contributed by atoms with Gasteiger partial charge in [0.15, 0.2) is 0 Å². The molecule has 0 aromatic heterocycles. The first kappa shape index (κ1) is 15.0. The summed E-state index contributed by atoms with van der Waals surface area (Å²) in [5.74, 6) is -1.20. The van der Waals surface area contributed by atoms with Gasteiger partial charge >= 0.3 is 5.97 Å². The zero-order valence-corrected chi connectivity index (χ0v) is 11.5. The van der Waals surface area contributed by atoms with Gasteiger partial charge in [-0.15, -0.1) is 0 Å². The summed E-state index contributed by atoms with van der Waals surface area (Å²) in [5.41, 5.74) is -0.568. The summed E-state index contributed by atoms with van der Waals surface area (Å²) in [6.45, 7) is 6.55. The van der Waals surface area contributed by atoms with Crippen molar-refractivity contribution < 1.29 is 14.7 Å². The molecule has 0 bridgehead atoms. The summed E-state index contributed by atoms with van der Waals surface area (Å²) in [4.78, 5) is 23.5. The molecular formula is C13H24N2O3. The molecule has 1 rings (SSSR count). The van der Waals surface area contributed by atoms with Gasteiger partial charge in [0.25, 0.3) is 0 Å². The average Bonchev–Trinajstić information content (AvgIpc) is 2.84. The van der Waals surface area contributed by atoms with E-state index < -0.39 is 17.6 Å². The molecular weight excluding hydrogens is 232 g/mol. The molecule has 0 radical (unpaired) electrons. The Kier molecular flexibility index (Phi) is 5.14. The third kappa shape index (κ3) is 3.02. The van der Waals surface area contributed by atoms with Crippen LogP contribution in [0.1, 0.15) is 46.5 Å². The highest BCUT2D eigenvalue weighted by atomic mass is 16.4. The van der Waals surface area contributed by atoms with Crippen molar-refractivity contribution in [2.75, 3.05) is 6.54 Å². The number of hydrogen-bond acceptors (Lipinski definition) is 3. The number of amides is 1. The van der Waals surface area contributed by atoms with Gasteiger partial charge in [0.1, 0.15) is 6.04 Å². The number of carbonyl (C=O) groups excluding carboxylic acids is 1. The molecule has 1 saturated heterocycles. The highest BCUT2D eigenvalue weighted by molar-refractivity contribution is 5.90. The van der Waals surface area contributed by atoms with Crippen molar-refractivity contribution in [2.24, 2.45) is 5.92 Å². The van der Waals surface area contributed by atoms with Gasteiger partial charge in [-0.3, -0.25) is 4.79 Å². The Balaban J connectivity index is 2.74. The van der Waals surface area contributed by atoms with Crippen LogP contribution in [0.3, 0.4) is 0 Å². The van der Waals surface area contributed by atoms with Crippen LogP contribution in [0.2, 0.25) is 0 Å². The summed E-state index contributed by atoms with van der Waals surface area (Å²) in [6.07, 6.45) is 3.15. The SMILES string of the molecule is CCC(C)[C@H](NC(=O)C1(CC)CCCN1)C(=O)O. The number of carbonyl (C=O) groups is 2. The molecule has 0 spiro atoms. The fourth-order valence-electron chi connectivity index (χ4n) is 2.42. The number of carboxylic acids is 1. The van der Waals surface area contributed by atoms with Crippen LogP contribution in [0.15, 0.2) is 0 Å². The number of rotatable bonds is 6. The Morgan fingerprint density at radius 2 is 2.11 bits per heavy atom. The van der Waals surface area contributed by atoms with Gasteiger partial charge in [0, 0.05) is 0 Å². The Morgan fingerprint density at radius 3 is 2.50 bits per heavy atom. The lowest BCUT2D eigenvalue weighted by atomic mass is 9.91. The smallest absolute Gasteiger partial charge is 0.326 e. The van der Waals surface area contributed by atoms with Gasteiger partial charge in [0.2, 0.25) is 5.91 Å². The molecule has 18 heavy (non-hydrogen) atoms. The molecule has 0 aliphatic carbocycles. The highest BCUT2D eigenvalue weighted by Crippen LogP contribution is 2.23. The minimum Gasteiger partial charge on any atom is -0.480 e. The van der Waals surface area contributed by atoms with E-state index in [4.69, 9.17) is 0 Å². The molecule has 1 heterocycles. The van der Waals surface area contributed by atoms with E-state index in [1.54, 1.807) is 0 Å². The van der Waals surface area contributed by atoms with Crippen LogP contribution in [0.5, 0.6) is 0 Å². The van der Waals surface area contributed by atoms with E-state index in [1.165, 1.54) is 0 Å². The molecule has 2 unspecified atom stereocenters. The van der Waals surface area contributed by atoms with Crippen molar-refractivity contribution in [3.8, 4) is 0 Å². The van der Waals surface area contributed by atoms with Gasteiger partial charge in [-0.05, 0) is 31.7 Å². The molecule has 1 aliphatic heterocycles. The number of hydrogen-bond donors (Lipinski definition) is 3. The molecule has 3 atom stereocenters. The Morgan fingerprint density at radius 1 is 1.44 bits per heavy atom. The third-order valence-corrected chi connectivity index (χ3v) is 4.05. The van der Waals surface area contributed by atoms with E-state index in [0.717, 1.165) is 25.8 Å². The van der Waals surface area contributed by atoms with E-state index >= 15 is 0 Å². The second-order valence-corrected chi connectivity index (χ2v) is 5.14. The topological polar surface area (TPSA) is 78.4 Å². The van der Waals surface area contributed by atoms with Crippen molar-refractivity contribution in [2.45, 2.75) is 58.0 Å². The summed E-state index contributed by atoms with van der Waals surface area (Å²) in [6, 6.07) is -0.798. The molecule has 3 N–H and O–H groups in total. The quantitative estimate of drug-likeness (QED) is 0.666. The van der Waals surface area contributed by atoms with E-state index in [9.17, 15) is 14.7 Å². The molecule has 104 valence electrons. The van der Waals surface area contributed by atoms with Crippen molar-refractivity contribution >= 4 is 11.9 Å². The number of carboxylic acid groups (broad SMARTS) is 1. The van der Waals surface area contributed by atoms with Crippen molar-refractivity contribution in [1.29, 1.82) is 0 Å². The second-order valence-electron chi connectivity index (χ2n) is 5.14. The van der Waals surface area contributed by atoms with Crippen molar-refractivity contribution in [3.63, 3.8) is 0 Å². The molecule has 0 aromatic carbocycles. The predicted octanol–water partition coefficient (Wildman–Crippen LogP) is 1.13. The van der Waals surface area contributed by atoms with E-state index in [1.807, 2.05) is 20.8 Å². The molecule has 1 fully saturated rings. The number of aliphatic carboxylic acids is 1. The van der Waals surface area contributed by atoms with E-state index in [-0.39, 0.29) is 11.8 Å². The molecule has 0 aromatic rings. The van der Waals surface area contributed by atoms with Crippen LogP contribution < -0.4 is 10.6 Å². The fraction of sp³-hybridized carbons (Fsp3) is 0.846. The first-order valence-electron chi connectivity index (χ1n) is 6.75. The van der Waals surface area contributed by atoms with Crippen LogP contribution in [0.25, 0.3) is 0 Å². The molecule has 5 nitrogen and oxygen atoms in total. The van der Waals surface area contributed by atoms with Crippen molar-refractivity contribution in [1.82, 2.24) is 10.6 Å².